The SMILES string of the molecule is CC(=O)c1cccc(CN=O)c1. The normalized spacial score (nSPS) is 9.42. The first-order valence-corrected chi connectivity index (χ1v) is 3.63. The average Bonchev–Trinajstić information content (AvgIpc) is 2.05. The minimum absolute atomic E-state index is 0.00255. The van der Waals surface area contributed by atoms with Gasteiger partial charge in [-0.3, -0.25) is 4.79 Å². The quantitative estimate of drug-likeness (QED) is 0.506. The smallest absolute Gasteiger partial charge is 0.159 e. The van der Waals surface area contributed by atoms with Crippen LogP contribution in [0, 0.1) is 4.91 Å². The molecule has 1 rings (SSSR count). The molecular weight excluding hydrogens is 154 g/mol. The Labute approximate surface area is 70.4 Å². The lowest BCUT2D eigenvalue weighted by Gasteiger charge is -1.97. The molecule has 0 saturated carbocycles. The molecule has 0 radical (unpaired) electrons. The largest absolute Gasteiger partial charge is 0.295 e. The minimum atomic E-state index is 0.00255. The number of nitroso groups, excluding NO2 is 1. The van der Waals surface area contributed by atoms with E-state index < -0.39 is 0 Å². The molecule has 0 spiro atoms. The molecule has 0 atom stereocenters. The molecule has 0 aliphatic rings. The molecule has 0 saturated heterocycles. The van der Waals surface area contributed by atoms with Crippen LogP contribution in [0.15, 0.2) is 29.4 Å². The van der Waals surface area contributed by atoms with Crippen LogP contribution in [0.5, 0.6) is 0 Å². The summed E-state index contributed by atoms with van der Waals surface area (Å²) < 4.78 is 0. The second-order valence-corrected chi connectivity index (χ2v) is 2.54. The van der Waals surface area contributed by atoms with Gasteiger partial charge in [0.05, 0.1) is 0 Å². The van der Waals surface area contributed by atoms with E-state index in [1.807, 2.05) is 0 Å². The predicted octanol–water partition coefficient (Wildman–Crippen LogP) is 2.16. The lowest BCUT2D eigenvalue weighted by atomic mass is 10.1. The van der Waals surface area contributed by atoms with Gasteiger partial charge in [0.15, 0.2) is 5.78 Å². The number of rotatable bonds is 3. The van der Waals surface area contributed by atoms with Crippen molar-refractivity contribution in [2.75, 3.05) is 0 Å². The third-order valence-corrected chi connectivity index (χ3v) is 1.58. The van der Waals surface area contributed by atoms with Gasteiger partial charge in [0.1, 0.15) is 6.54 Å². The Kier molecular flexibility index (Phi) is 2.69. The van der Waals surface area contributed by atoms with Crippen molar-refractivity contribution < 1.29 is 4.79 Å². The van der Waals surface area contributed by atoms with Gasteiger partial charge in [-0.15, -0.1) is 0 Å². The van der Waals surface area contributed by atoms with Gasteiger partial charge in [-0.1, -0.05) is 23.4 Å². The highest BCUT2D eigenvalue weighted by Gasteiger charge is 1.99. The Balaban J connectivity index is 2.95. The fraction of sp³-hybridized carbons (Fsp3) is 0.222. The molecule has 0 aliphatic carbocycles. The van der Waals surface area contributed by atoms with Gasteiger partial charge in [0.2, 0.25) is 0 Å². The fourth-order valence-electron chi connectivity index (χ4n) is 0.963. The van der Waals surface area contributed by atoms with Crippen LogP contribution >= 0.6 is 0 Å². The first-order chi connectivity index (χ1) is 5.74. The third-order valence-electron chi connectivity index (χ3n) is 1.58. The van der Waals surface area contributed by atoms with E-state index >= 15 is 0 Å². The minimum Gasteiger partial charge on any atom is -0.295 e. The lowest BCUT2D eigenvalue weighted by molar-refractivity contribution is 0.101. The Bertz CT molecular complexity index is 307. The van der Waals surface area contributed by atoms with Crippen LogP contribution in [0.1, 0.15) is 22.8 Å². The number of ketones is 1. The van der Waals surface area contributed by atoms with E-state index in [0.717, 1.165) is 5.56 Å². The topological polar surface area (TPSA) is 46.5 Å². The molecular formula is C9H9NO2. The van der Waals surface area contributed by atoms with Crippen molar-refractivity contribution in [3.05, 3.63) is 40.3 Å². The van der Waals surface area contributed by atoms with Crippen molar-refractivity contribution in [1.82, 2.24) is 0 Å². The zero-order valence-electron chi connectivity index (χ0n) is 6.78. The molecule has 0 aromatic heterocycles. The number of hydrogen-bond donors (Lipinski definition) is 0. The maximum atomic E-state index is 10.9. The molecule has 0 aliphatic heterocycles. The molecule has 0 amide bonds. The Hall–Kier alpha value is -1.51. The van der Waals surface area contributed by atoms with Crippen molar-refractivity contribution in [3.8, 4) is 0 Å². The van der Waals surface area contributed by atoms with Crippen molar-refractivity contribution in [2.24, 2.45) is 5.18 Å². The maximum Gasteiger partial charge on any atom is 0.159 e. The van der Waals surface area contributed by atoms with E-state index in [1.54, 1.807) is 24.3 Å². The van der Waals surface area contributed by atoms with Gasteiger partial charge in [-0.05, 0) is 18.6 Å². The number of carbonyl (C=O) groups is 1. The first-order valence-electron chi connectivity index (χ1n) is 3.63. The average molecular weight is 163 g/mol. The van der Waals surface area contributed by atoms with Crippen LogP contribution < -0.4 is 0 Å². The highest BCUT2D eigenvalue weighted by molar-refractivity contribution is 5.94. The van der Waals surface area contributed by atoms with E-state index in [2.05, 4.69) is 5.18 Å². The molecule has 3 nitrogen and oxygen atoms in total. The molecule has 3 heteroatoms. The standard InChI is InChI=1S/C9H9NO2/c1-7(11)9-4-2-3-8(5-9)6-10-12/h2-5H,6H2,1H3. The summed E-state index contributed by atoms with van der Waals surface area (Å²) in [5.41, 5.74) is 1.40. The van der Waals surface area contributed by atoms with Gasteiger partial charge in [-0.2, -0.15) is 4.91 Å². The molecule has 0 N–H and O–H groups in total. The fourth-order valence-corrected chi connectivity index (χ4v) is 0.963. The maximum absolute atomic E-state index is 10.9. The summed E-state index contributed by atoms with van der Waals surface area (Å²) in [6.07, 6.45) is 0. The third kappa shape index (κ3) is 1.99. The van der Waals surface area contributed by atoms with E-state index in [1.165, 1.54) is 6.92 Å². The van der Waals surface area contributed by atoms with Gasteiger partial charge in [0, 0.05) is 5.56 Å². The van der Waals surface area contributed by atoms with E-state index in [-0.39, 0.29) is 12.3 Å². The lowest BCUT2D eigenvalue weighted by Crippen LogP contribution is -1.92. The number of benzene rings is 1. The Morgan fingerprint density at radius 2 is 2.25 bits per heavy atom. The van der Waals surface area contributed by atoms with E-state index in [9.17, 15) is 9.70 Å². The van der Waals surface area contributed by atoms with Gasteiger partial charge >= 0.3 is 0 Å². The van der Waals surface area contributed by atoms with Crippen LogP contribution in [-0.2, 0) is 6.54 Å². The second-order valence-electron chi connectivity index (χ2n) is 2.54. The molecule has 12 heavy (non-hydrogen) atoms. The van der Waals surface area contributed by atoms with Crippen molar-refractivity contribution in [3.63, 3.8) is 0 Å². The second kappa shape index (κ2) is 3.76. The first kappa shape index (κ1) is 8.59. The molecule has 62 valence electrons. The molecule has 0 fully saturated rings. The Morgan fingerprint density at radius 1 is 1.50 bits per heavy atom. The van der Waals surface area contributed by atoms with Crippen molar-refractivity contribution in [1.29, 1.82) is 0 Å². The highest BCUT2D eigenvalue weighted by Crippen LogP contribution is 2.06. The molecule has 0 unspecified atom stereocenters. The number of hydrogen-bond acceptors (Lipinski definition) is 3. The Morgan fingerprint density at radius 3 is 2.83 bits per heavy atom. The van der Waals surface area contributed by atoms with Gasteiger partial charge in [-0.25, -0.2) is 0 Å². The summed E-state index contributed by atoms with van der Waals surface area (Å²) >= 11 is 0. The molecule has 1 aromatic rings. The highest BCUT2D eigenvalue weighted by atomic mass is 16.3. The summed E-state index contributed by atoms with van der Waals surface area (Å²) in [5, 5.41) is 2.75. The monoisotopic (exact) mass is 163 g/mol. The summed E-state index contributed by atoms with van der Waals surface area (Å²) in [6, 6.07) is 6.92. The number of Topliss-reactive ketones (excluding diaryl/α,β-unsaturated/α-hetero) is 1. The van der Waals surface area contributed by atoms with Crippen LogP contribution in [-0.4, -0.2) is 5.78 Å². The number of carbonyl (C=O) groups excluding carboxylic acids is 1. The molecule has 0 heterocycles. The summed E-state index contributed by atoms with van der Waals surface area (Å²) in [6.45, 7) is 1.62. The summed E-state index contributed by atoms with van der Waals surface area (Å²) in [4.78, 5) is 20.8. The van der Waals surface area contributed by atoms with E-state index in [0.29, 0.717) is 5.56 Å². The van der Waals surface area contributed by atoms with Crippen molar-refractivity contribution >= 4 is 5.78 Å². The van der Waals surface area contributed by atoms with E-state index in [4.69, 9.17) is 0 Å². The van der Waals surface area contributed by atoms with Crippen LogP contribution in [0.2, 0.25) is 0 Å². The summed E-state index contributed by atoms with van der Waals surface area (Å²) in [7, 11) is 0. The van der Waals surface area contributed by atoms with Crippen LogP contribution in [0.3, 0.4) is 0 Å². The summed E-state index contributed by atoms with van der Waals surface area (Å²) in [5.74, 6) is 0.00255. The van der Waals surface area contributed by atoms with Gasteiger partial charge < -0.3 is 0 Å². The number of nitrogens with zero attached hydrogens (tertiary/aromatic N) is 1. The van der Waals surface area contributed by atoms with Crippen LogP contribution in [0.4, 0.5) is 0 Å². The zero-order valence-corrected chi connectivity index (χ0v) is 6.78. The van der Waals surface area contributed by atoms with Gasteiger partial charge in [0.25, 0.3) is 0 Å². The zero-order chi connectivity index (χ0) is 8.97. The van der Waals surface area contributed by atoms with Crippen molar-refractivity contribution in [2.45, 2.75) is 13.5 Å². The predicted molar refractivity (Wildman–Crippen MR) is 45.9 cm³/mol. The van der Waals surface area contributed by atoms with Crippen LogP contribution in [0.25, 0.3) is 0 Å². The molecule has 1 aromatic carbocycles. The molecule has 0 bridgehead atoms.